The average Bonchev–Trinajstić information content (AvgIpc) is 2.40. The minimum atomic E-state index is 0.399. The molecule has 0 atom stereocenters. The van der Waals surface area contributed by atoms with Crippen LogP contribution in [-0.4, -0.2) is 30.2 Å². The molecule has 5 heteroatoms. The Kier molecular flexibility index (Phi) is 4.75. The SMILES string of the molecule is COCc1nc(NC2CCCCC2)cc(OC)n1. The molecule has 0 aliphatic heterocycles. The van der Waals surface area contributed by atoms with Crippen molar-refractivity contribution in [2.45, 2.75) is 44.8 Å². The van der Waals surface area contributed by atoms with Gasteiger partial charge in [0.05, 0.1) is 7.11 Å². The second-order valence-electron chi connectivity index (χ2n) is 4.62. The maximum atomic E-state index is 5.18. The summed E-state index contributed by atoms with van der Waals surface area (Å²) >= 11 is 0. The van der Waals surface area contributed by atoms with Gasteiger partial charge in [0.25, 0.3) is 0 Å². The normalized spacial score (nSPS) is 16.6. The number of hydrogen-bond acceptors (Lipinski definition) is 5. The summed E-state index contributed by atoms with van der Waals surface area (Å²) in [5.41, 5.74) is 0. The fourth-order valence-corrected chi connectivity index (χ4v) is 2.30. The van der Waals surface area contributed by atoms with E-state index < -0.39 is 0 Å². The number of rotatable bonds is 5. The number of anilines is 1. The van der Waals surface area contributed by atoms with Crippen molar-refractivity contribution in [3.05, 3.63) is 11.9 Å². The Labute approximate surface area is 108 Å². The van der Waals surface area contributed by atoms with Crippen LogP contribution >= 0.6 is 0 Å². The van der Waals surface area contributed by atoms with Gasteiger partial charge in [-0.2, -0.15) is 4.98 Å². The van der Waals surface area contributed by atoms with E-state index in [9.17, 15) is 0 Å². The van der Waals surface area contributed by atoms with Gasteiger partial charge in [-0.15, -0.1) is 0 Å². The van der Waals surface area contributed by atoms with Gasteiger partial charge in [0.15, 0.2) is 5.82 Å². The molecule has 1 saturated carbocycles. The van der Waals surface area contributed by atoms with Crippen molar-refractivity contribution >= 4 is 5.82 Å². The summed E-state index contributed by atoms with van der Waals surface area (Å²) in [6, 6.07) is 2.36. The zero-order valence-corrected chi connectivity index (χ0v) is 11.1. The van der Waals surface area contributed by atoms with Crippen LogP contribution in [0.15, 0.2) is 6.07 Å². The number of nitrogens with zero attached hydrogens (tertiary/aromatic N) is 2. The maximum Gasteiger partial charge on any atom is 0.218 e. The van der Waals surface area contributed by atoms with E-state index in [1.54, 1.807) is 14.2 Å². The summed E-state index contributed by atoms with van der Waals surface area (Å²) in [7, 11) is 3.25. The first-order valence-electron chi connectivity index (χ1n) is 6.49. The van der Waals surface area contributed by atoms with E-state index in [2.05, 4.69) is 15.3 Å². The maximum absolute atomic E-state index is 5.18. The van der Waals surface area contributed by atoms with Crippen LogP contribution in [0.3, 0.4) is 0 Å². The number of hydrogen-bond donors (Lipinski definition) is 1. The van der Waals surface area contributed by atoms with Gasteiger partial charge in [-0.3, -0.25) is 0 Å². The van der Waals surface area contributed by atoms with Gasteiger partial charge < -0.3 is 14.8 Å². The Morgan fingerprint density at radius 3 is 2.67 bits per heavy atom. The Bertz CT molecular complexity index is 378. The molecule has 2 rings (SSSR count). The van der Waals surface area contributed by atoms with Crippen molar-refractivity contribution in [2.75, 3.05) is 19.5 Å². The first-order chi connectivity index (χ1) is 8.81. The second kappa shape index (κ2) is 6.54. The van der Waals surface area contributed by atoms with Crippen LogP contribution in [0.5, 0.6) is 5.88 Å². The number of aromatic nitrogens is 2. The predicted octanol–water partition coefficient (Wildman–Crippen LogP) is 2.38. The number of methoxy groups -OCH3 is 2. The summed E-state index contributed by atoms with van der Waals surface area (Å²) in [5.74, 6) is 2.06. The lowest BCUT2D eigenvalue weighted by Gasteiger charge is -2.23. The summed E-state index contributed by atoms with van der Waals surface area (Å²) in [6.45, 7) is 0.399. The third kappa shape index (κ3) is 3.57. The van der Waals surface area contributed by atoms with E-state index in [0.29, 0.717) is 24.4 Å². The monoisotopic (exact) mass is 251 g/mol. The lowest BCUT2D eigenvalue weighted by atomic mass is 9.95. The lowest BCUT2D eigenvalue weighted by molar-refractivity contribution is 0.177. The quantitative estimate of drug-likeness (QED) is 0.870. The van der Waals surface area contributed by atoms with E-state index >= 15 is 0 Å². The van der Waals surface area contributed by atoms with Gasteiger partial charge in [-0.1, -0.05) is 19.3 Å². The van der Waals surface area contributed by atoms with Crippen LogP contribution < -0.4 is 10.1 Å². The molecule has 1 aliphatic rings. The third-order valence-corrected chi connectivity index (χ3v) is 3.19. The molecule has 0 unspecified atom stereocenters. The van der Waals surface area contributed by atoms with Crippen LogP contribution in [-0.2, 0) is 11.3 Å². The molecular formula is C13H21N3O2. The lowest BCUT2D eigenvalue weighted by Crippen LogP contribution is -2.23. The Balaban J connectivity index is 2.07. The van der Waals surface area contributed by atoms with Crippen LogP contribution in [0, 0.1) is 0 Å². The van der Waals surface area contributed by atoms with Crippen molar-refractivity contribution in [3.63, 3.8) is 0 Å². The van der Waals surface area contributed by atoms with Gasteiger partial charge in [0.2, 0.25) is 5.88 Å². The minimum absolute atomic E-state index is 0.399. The molecular weight excluding hydrogens is 230 g/mol. The molecule has 0 saturated heterocycles. The summed E-state index contributed by atoms with van der Waals surface area (Å²) in [4.78, 5) is 8.67. The first-order valence-corrected chi connectivity index (χ1v) is 6.49. The van der Waals surface area contributed by atoms with Crippen molar-refractivity contribution in [2.24, 2.45) is 0 Å². The summed E-state index contributed by atoms with van der Waals surface area (Å²) < 4.78 is 10.2. The Morgan fingerprint density at radius 2 is 2.00 bits per heavy atom. The van der Waals surface area contributed by atoms with E-state index in [1.165, 1.54) is 32.1 Å². The van der Waals surface area contributed by atoms with Crippen LogP contribution in [0.1, 0.15) is 37.9 Å². The zero-order valence-electron chi connectivity index (χ0n) is 11.1. The molecule has 0 bridgehead atoms. The first kappa shape index (κ1) is 13.1. The van der Waals surface area contributed by atoms with Gasteiger partial charge >= 0.3 is 0 Å². The highest BCUT2D eigenvalue weighted by atomic mass is 16.5. The Morgan fingerprint density at radius 1 is 1.22 bits per heavy atom. The van der Waals surface area contributed by atoms with Crippen molar-refractivity contribution in [1.29, 1.82) is 0 Å². The smallest absolute Gasteiger partial charge is 0.218 e. The highest BCUT2D eigenvalue weighted by Gasteiger charge is 2.14. The topological polar surface area (TPSA) is 56.3 Å². The van der Waals surface area contributed by atoms with E-state index in [0.717, 1.165) is 5.82 Å². The molecule has 100 valence electrons. The van der Waals surface area contributed by atoms with Gasteiger partial charge in [-0.05, 0) is 12.8 Å². The zero-order chi connectivity index (χ0) is 12.8. The molecule has 0 aromatic carbocycles. The molecule has 5 nitrogen and oxygen atoms in total. The van der Waals surface area contributed by atoms with Crippen LogP contribution in [0.25, 0.3) is 0 Å². The molecule has 0 spiro atoms. The van der Waals surface area contributed by atoms with Gasteiger partial charge in [0.1, 0.15) is 12.4 Å². The average molecular weight is 251 g/mol. The Hall–Kier alpha value is -1.36. The van der Waals surface area contributed by atoms with Crippen LogP contribution in [0.2, 0.25) is 0 Å². The molecule has 1 aromatic heterocycles. The molecule has 1 N–H and O–H groups in total. The van der Waals surface area contributed by atoms with E-state index in [1.807, 2.05) is 6.07 Å². The van der Waals surface area contributed by atoms with Crippen molar-refractivity contribution in [3.8, 4) is 5.88 Å². The molecule has 0 radical (unpaired) electrons. The van der Waals surface area contributed by atoms with Gasteiger partial charge in [-0.25, -0.2) is 4.98 Å². The van der Waals surface area contributed by atoms with Crippen molar-refractivity contribution in [1.82, 2.24) is 9.97 Å². The summed E-state index contributed by atoms with van der Waals surface area (Å²) in [6.07, 6.45) is 6.37. The molecule has 0 amide bonds. The second-order valence-corrected chi connectivity index (χ2v) is 4.62. The molecule has 1 fully saturated rings. The summed E-state index contributed by atoms with van der Waals surface area (Å²) in [5, 5.41) is 3.47. The van der Waals surface area contributed by atoms with E-state index in [4.69, 9.17) is 9.47 Å². The molecule has 1 heterocycles. The van der Waals surface area contributed by atoms with Crippen molar-refractivity contribution < 1.29 is 9.47 Å². The fraction of sp³-hybridized carbons (Fsp3) is 0.692. The fourth-order valence-electron chi connectivity index (χ4n) is 2.30. The van der Waals surface area contributed by atoms with Crippen LogP contribution in [0.4, 0.5) is 5.82 Å². The minimum Gasteiger partial charge on any atom is -0.481 e. The highest BCUT2D eigenvalue weighted by molar-refractivity contribution is 5.39. The number of nitrogens with one attached hydrogen (secondary N) is 1. The predicted molar refractivity (Wildman–Crippen MR) is 69.8 cm³/mol. The van der Waals surface area contributed by atoms with Gasteiger partial charge in [0, 0.05) is 19.2 Å². The van der Waals surface area contributed by atoms with E-state index in [-0.39, 0.29) is 0 Å². The highest BCUT2D eigenvalue weighted by Crippen LogP contribution is 2.22. The molecule has 1 aromatic rings. The largest absolute Gasteiger partial charge is 0.481 e. The molecule has 18 heavy (non-hydrogen) atoms. The third-order valence-electron chi connectivity index (χ3n) is 3.19. The molecule has 1 aliphatic carbocycles. The number of ether oxygens (including phenoxy) is 2. The standard InChI is InChI=1S/C13H21N3O2/c1-17-9-12-15-11(8-13(16-12)18-2)14-10-6-4-3-5-7-10/h8,10H,3-7,9H2,1-2H3,(H,14,15,16).